The average Bonchev–Trinajstić information content (AvgIpc) is 2.61. The largest absolute Gasteiger partial charge is 0.455 e. The molecule has 0 radical (unpaired) electrons. The maximum Gasteiger partial charge on any atom is 0.416 e. The smallest absolute Gasteiger partial charge is 0.416 e. The molecule has 0 spiro atoms. The van der Waals surface area contributed by atoms with E-state index < -0.39 is 30.2 Å². The molecule has 1 N–H and O–H groups in total. The molecule has 7 heteroatoms. The fourth-order valence-corrected chi connectivity index (χ4v) is 2.60. The Morgan fingerprint density at radius 2 is 1.81 bits per heavy atom. The van der Waals surface area contributed by atoms with Crippen LogP contribution in [0.25, 0.3) is 0 Å². The molecule has 2 aromatic rings. The first-order chi connectivity index (χ1) is 12.7. The summed E-state index contributed by atoms with van der Waals surface area (Å²) >= 11 is 0. The number of benzene rings is 2. The number of nitrogens with one attached hydrogen (secondary N) is 1. The summed E-state index contributed by atoms with van der Waals surface area (Å²) < 4.78 is 43.0. The normalized spacial score (nSPS) is 11.1. The molecule has 1 amide bonds. The van der Waals surface area contributed by atoms with E-state index in [1.807, 2.05) is 32.0 Å². The van der Waals surface area contributed by atoms with E-state index in [4.69, 9.17) is 4.74 Å². The van der Waals surface area contributed by atoms with E-state index in [0.717, 1.165) is 29.7 Å². The molecule has 0 aliphatic rings. The number of anilines is 1. The van der Waals surface area contributed by atoms with Gasteiger partial charge in [0.1, 0.15) is 0 Å². The summed E-state index contributed by atoms with van der Waals surface area (Å²) in [6.07, 6.45) is -4.10. The molecule has 2 rings (SSSR count). The Hall–Kier alpha value is -2.83. The van der Waals surface area contributed by atoms with Crippen LogP contribution in [-0.4, -0.2) is 18.5 Å². The van der Waals surface area contributed by atoms with Crippen LogP contribution in [0.2, 0.25) is 0 Å². The van der Waals surface area contributed by atoms with E-state index in [2.05, 4.69) is 5.32 Å². The zero-order valence-electron chi connectivity index (χ0n) is 15.0. The Balaban J connectivity index is 1.92. The lowest BCUT2D eigenvalue weighted by Gasteiger charge is -2.13. The predicted octanol–water partition coefficient (Wildman–Crippen LogP) is 4.30. The number of carbonyl (C=O) groups is 2. The zero-order valence-corrected chi connectivity index (χ0v) is 15.0. The van der Waals surface area contributed by atoms with Gasteiger partial charge in [0, 0.05) is 5.69 Å². The van der Waals surface area contributed by atoms with Crippen molar-refractivity contribution in [1.82, 2.24) is 0 Å². The summed E-state index contributed by atoms with van der Waals surface area (Å²) in [5.74, 6) is -1.28. The van der Waals surface area contributed by atoms with Crippen LogP contribution in [0.5, 0.6) is 0 Å². The van der Waals surface area contributed by atoms with Crippen LogP contribution in [0.4, 0.5) is 18.9 Å². The van der Waals surface area contributed by atoms with Gasteiger partial charge in [0.15, 0.2) is 6.61 Å². The number of halogens is 3. The Kier molecular flexibility index (Phi) is 6.60. The average molecular weight is 379 g/mol. The van der Waals surface area contributed by atoms with Crippen molar-refractivity contribution in [1.29, 1.82) is 0 Å². The van der Waals surface area contributed by atoms with E-state index in [1.165, 1.54) is 12.1 Å². The van der Waals surface area contributed by atoms with Gasteiger partial charge in [-0.2, -0.15) is 13.2 Å². The highest BCUT2D eigenvalue weighted by molar-refractivity contribution is 5.94. The molecule has 0 saturated carbocycles. The second-order valence-corrected chi connectivity index (χ2v) is 6.05. The van der Waals surface area contributed by atoms with Gasteiger partial charge in [-0.3, -0.25) is 9.59 Å². The first kappa shape index (κ1) is 20.5. The van der Waals surface area contributed by atoms with Gasteiger partial charge in [-0.1, -0.05) is 43.3 Å². The van der Waals surface area contributed by atoms with Crippen molar-refractivity contribution in [2.45, 2.75) is 32.9 Å². The molecule has 0 fully saturated rings. The van der Waals surface area contributed by atoms with Gasteiger partial charge < -0.3 is 10.1 Å². The number of amides is 1. The van der Waals surface area contributed by atoms with Crippen molar-refractivity contribution in [3.63, 3.8) is 0 Å². The first-order valence-electron chi connectivity index (χ1n) is 8.40. The van der Waals surface area contributed by atoms with Crippen molar-refractivity contribution >= 4 is 17.6 Å². The van der Waals surface area contributed by atoms with Gasteiger partial charge in [0.05, 0.1) is 12.0 Å². The molecule has 0 aromatic heterocycles. The molecule has 0 unspecified atom stereocenters. The highest BCUT2D eigenvalue weighted by atomic mass is 19.4. The summed E-state index contributed by atoms with van der Waals surface area (Å²) in [5.41, 5.74) is 1.86. The minimum absolute atomic E-state index is 0.169. The summed E-state index contributed by atoms with van der Waals surface area (Å²) in [6.45, 7) is 3.31. The van der Waals surface area contributed by atoms with E-state index in [1.54, 1.807) is 0 Å². The zero-order chi connectivity index (χ0) is 20.0. The number of esters is 1. The van der Waals surface area contributed by atoms with Gasteiger partial charge >= 0.3 is 12.1 Å². The topological polar surface area (TPSA) is 55.4 Å². The van der Waals surface area contributed by atoms with Crippen LogP contribution >= 0.6 is 0 Å². The van der Waals surface area contributed by atoms with Gasteiger partial charge in [-0.15, -0.1) is 0 Å². The molecule has 2 aromatic carbocycles. The molecule has 0 atom stereocenters. The Morgan fingerprint density at radius 1 is 1.11 bits per heavy atom. The van der Waals surface area contributed by atoms with Crippen LogP contribution < -0.4 is 5.32 Å². The van der Waals surface area contributed by atoms with Crippen molar-refractivity contribution < 1.29 is 27.5 Å². The number of hydrogen-bond acceptors (Lipinski definition) is 3. The monoisotopic (exact) mass is 379 g/mol. The second kappa shape index (κ2) is 8.70. The van der Waals surface area contributed by atoms with Gasteiger partial charge in [-0.25, -0.2) is 0 Å². The number of hydrogen-bond donors (Lipinski definition) is 1. The van der Waals surface area contributed by atoms with E-state index in [0.29, 0.717) is 5.69 Å². The summed E-state index contributed by atoms with van der Waals surface area (Å²) in [7, 11) is 0. The van der Waals surface area contributed by atoms with Crippen LogP contribution in [0.1, 0.15) is 29.2 Å². The van der Waals surface area contributed by atoms with Crippen molar-refractivity contribution in [3.8, 4) is 0 Å². The number of rotatable bonds is 6. The molecule has 0 aliphatic carbocycles. The summed E-state index contributed by atoms with van der Waals surface area (Å²) in [5, 5.41) is 2.71. The molecule has 27 heavy (non-hydrogen) atoms. The standard InChI is InChI=1S/C20H20F3NO3/c1-3-15-8-4-6-13(2)19(15)24-17(25)12-27-18(26)11-14-7-5-9-16(10-14)20(21,22)23/h4-10H,3,11-12H2,1-2H3,(H,24,25). The first-order valence-corrected chi connectivity index (χ1v) is 8.40. The van der Waals surface area contributed by atoms with E-state index in [9.17, 15) is 22.8 Å². The highest BCUT2D eigenvalue weighted by Crippen LogP contribution is 2.29. The number of ether oxygens (including phenoxy) is 1. The van der Waals surface area contributed by atoms with Crippen LogP contribution in [0.15, 0.2) is 42.5 Å². The van der Waals surface area contributed by atoms with Gasteiger partial charge in [0.25, 0.3) is 5.91 Å². The maximum absolute atomic E-state index is 12.7. The number of alkyl halides is 3. The van der Waals surface area contributed by atoms with E-state index in [-0.39, 0.29) is 12.0 Å². The number of carbonyl (C=O) groups excluding carboxylic acids is 2. The fraction of sp³-hybridized carbons (Fsp3) is 0.300. The minimum Gasteiger partial charge on any atom is -0.455 e. The highest BCUT2D eigenvalue weighted by Gasteiger charge is 2.30. The Morgan fingerprint density at radius 3 is 2.48 bits per heavy atom. The van der Waals surface area contributed by atoms with Crippen molar-refractivity contribution in [2.75, 3.05) is 11.9 Å². The fourth-order valence-electron chi connectivity index (χ4n) is 2.60. The summed E-state index contributed by atoms with van der Waals surface area (Å²) in [6, 6.07) is 10.1. The molecular weight excluding hydrogens is 359 g/mol. The lowest BCUT2D eigenvalue weighted by molar-refractivity contribution is -0.146. The third kappa shape index (κ3) is 5.84. The molecule has 144 valence electrons. The lowest BCUT2D eigenvalue weighted by Crippen LogP contribution is -2.22. The molecule has 0 bridgehead atoms. The van der Waals surface area contributed by atoms with Gasteiger partial charge in [-0.05, 0) is 36.1 Å². The van der Waals surface area contributed by atoms with Gasteiger partial charge in [0.2, 0.25) is 0 Å². The molecule has 0 heterocycles. The molecule has 0 aliphatic heterocycles. The molecule has 4 nitrogen and oxygen atoms in total. The quantitative estimate of drug-likeness (QED) is 0.762. The number of aryl methyl sites for hydroxylation is 2. The van der Waals surface area contributed by atoms with Crippen molar-refractivity contribution in [3.05, 3.63) is 64.7 Å². The Bertz CT molecular complexity index is 831. The molecular formula is C20H20F3NO3. The lowest BCUT2D eigenvalue weighted by atomic mass is 10.1. The van der Waals surface area contributed by atoms with Crippen LogP contribution in [-0.2, 0) is 33.3 Å². The van der Waals surface area contributed by atoms with Crippen LogP contribution in [0.3, 0.4) is 0 Å². The third-order valence-corrected chi connectivity index (χ3v) is 3.97. The second-order valence-electron chi connectivity index (χ2n) is 6.05. The van der Waals surface area contributed by atoms with Crippen LogP contribution in [0, 0.1) is 6.92 Å². The number of para-hydroxylation sites is 1. The SMILES string of the molecule is CCc1cccc(C)c1NC(=O)COC(=O)Cc1cccc(C(F)(F)F)c1. The Labute approximate surface area is 155 Å². The third-order valence-electron chi connectivity index (χ3n) is 3.97. The minimum atomic E-state index is -4.48. The summed E-state index contributed by atoms with van der Waals surface area (Å²) in [4.78, 5) is 23.9. The predicted molar refractivity (Wildman–Crippen MR) is 95.3 cm³/mol. The molecule has 0 saturated heterocycles. The maximum atomic E-state index is 12.7. The van der Waals surface area contributed by atoms with Crippen molar-refractivity contribution in [2.24, 2.45) is 0 Å². The van der Waals surface area contributed by atoms with E-state index >= 15 is 0 Å².